The van der Waals surface area contributed by atoms with E-state index in [0.29, 0.717) is 4.99 Å². The van der Waals surface area contributed by atoms with Gasteiger partial charge < -0.3 is 10.6 Å². The maximum absolute atomic E-state index is 5.86. The maximum atomic E-state index is 5.86. The van der Waals surface area contributed by atoms with E-state index < -0.39 is 0 Å². The lowest BCUT2D eigenvalue weighted by atomic mass is 10.1. The Morgan fingerprint density at radius 2 is 2.05 bits per heavy atom. The number of thiazole rings is 1. The van der Waals surface area contributed by atoms with Crippen LogP contribution in [0, 0.1) is 20.8 Å². The first kappa shape index (κ1) is 14.9. The minimum Gasteiger partial charge on any atom is -0.389 e. The average Bonchev–Trinajstić information content (AvgIpc) is 2.73. The van der Waals surface area contributed by atoms with Gasteiger partial charge in [-0.15, -0.1) is 11.3 Å². The van der Waals surface area contributed by atoms with Crippen LogP contribution in [0.4, 0.5) is 5.69 Å². The third-order valence-electron chi connectivity index (χ3n) is 3.19. The highest BCUT2D eigenvalue weighted by Gasteiger charge is 2.16. The van der Waals surface area contributed by atoms with Crippen molar-refractivity contribution in [2.75, 3.05) is 11.9 Å². The predicted octanol–water partition coefficient (Wildman–Crippen LogP) is 2.73. The summed E-state index contributed by atoms with van der Waals surface area (Å²) in [6, 6.07) is 2.03. The summed E-state index contributed by atoms with van der Waals surface area (Å²) in [6.07, 6.45) is 0. The average molecular weight is 306 g/mol. The molecule has 0 aromatic carbocycles. The number of nitrogens with zero attached hydrogens (tertiary/aromatic N) is 3. The van der Waals surface area contributed by atoms with Crippen LogP contribution in [-0.2, 0) is 6.54 Å². The van der Waals surface area contributed by atoms with Crippen molar-refractivity contribution < 1.29 is 0 Å². The van der Waals surface area contributed by atoms with Crippen LogP contribution < -0.4 is 10.6 Å². The Balaban J connectivity index is 2.41. The number of rotatable bonds is 4. The smallest absolute Gasteiger partial charge is 0.107 e. The number of aryl methyl sites for hydroxylation is 3. The molecule has 6 heteroatoms. The SMILES string of the molecule is Cc1cc(N(C)Cc2scnc2C)c(C(N)=S)c(C)n1. The zero-order chi connectivity index (χ0) is 14.9. The molecule has 0 saturated carbocycles. The lowest BCUT2D eigenvalue weighted by Gasteiger charge is -2.23. The molecule has 0 fully saturated rings. The largest absolute Gasteiger partial charge is 0.389 e. The Kier molecular flexibility index (Phi) is 4.35. The number of anilines is 1. The van der Waals surface area contributed by atoms with Gasteiger partial charge in [-0.25, -0.2) is 4.98 Å². The third-order valence-corrected chi connectivity index (χ3v) is 4.31. The first-order valence-electron chi connectivity index (χ1n) is 6.28. The van der Waals surface area contributed by atoms with Gasteiger partial charge in [-0.3, -0.25) is 4.98 Å². The molecule has 2 aromatic rings. The van der Waals surface area contributed by atoms with Crippen molar-refractivity contribution in [3.8, 4) is 0 Å². The standard InChI is InChI=1S/C14H18N4S2/c1-8-5-11(13(14(15)19)10(3)17-8)18(4)6-12-9(2)16-7-20-12/h5,7H,6H2,1-4H3,(H2,15,19). The third kappa shape index (κ3) is 2.96. The molecule has 0 unspecified atom stereocenters. The molecule has 2 aromatic heterocycles. The van der Waals surface area contributed by atoms with Crippen molar-refractivity contribution in [3.63, 3.8) is 0 Å². The Morgan fingerprint density at radius 1 is 1.35 bits per heavy atom. The zero-order valence-corrected chi connectivity index (χ0v) is 13.7. The summed E-state index contributed by atoms with van der Waals surface area (Å²) in [4.78, 5) is 12.5. The fourth-order valence-corrected chi connectivity index (χ4v) is 3.27. The summed E-state index contributed by atoms with van der Waals surface area (Å²) in [7, 11) is 2.04. The predicted molar refractivity (Wildman–Crippen MR) is 88.6 cm³/mol. The number of pyridine rings is 1. The minimum absolute atomic E-state index is 0.387. The molecule has 0 aliphatic carbocycles. The molecule has 0 aliphatic rings. The monoisotopic (exact) mass is 306 g/mol. The minimum atomic E-state index is 0.387. The lowest BCUT2D eigenvalue weighted by molar-refractivity contribution is 0.915. The maximum Gasteiger partial charge on any atom is 0.107 e. The van der Waals surface area contributed by atoms with Crippen LogP contribution in [0.5, 0.6) is 0 Å². The summed E-state index contributed by atoms with van der Waals surface area (Å²) in [5, 5.41) is 0. The van der Waals surface area contributed by atoms with E-state index in [1.807, 2.05) is 39.4 Å². The van der Waals surface area contributed by atoms with Gasteiger partial charge >= 0.3 is 0 Å². The fourth-order valence-electron chi connectivity index (χ4n) is 2.19. The highest BCUT2D eigenvalue weighted by Crippen LogP contribution is 2.26. The molecule has 0 atom stereocenters. The Hall–Kier alpha value is -1.53. The number of hydrogen-bond donors (Lipinski definition) is 1. The second-order valence-electron chi connectivity index (χ2n) is 4.82. The fraction of sp³-hybridized carbons (Fsp3) is 0.357. The number of hydrogen-bond acceptors (Lipinski definition) is 5. The summed E-state index contributed by atoms with van der Waals surface area (Å²) >= 11 is 6.84. The van der Waals surface area contributed by atoms with Gasteiger partial charge in [0.2, 0.25) is 0 Å². The van der Waals surface area contributed by atoms with Crippen LogP contribution in [0.15, 0.2) is 11.6 Å². The Bertz CT molecular complexity index is 649. The normalized spacial score (nSPS) is 10.6. The van der Waals surface area contributed by atoms with Crippen molar-refractivity contribution in [1.29, 1.82) is 0 Å². The van der Waals surface area contributed by atoms with Crippen molar-refractivity contribution in [2.45, 2.75) is 27.3 Å². The van der Waals surface area contributed by atoms with Crippen LogP contribution in [0.25, 0.3) is 0 Å². The molecule has 106 valence electrons. The molecule has 0 saturated heterocycles. The van der Waals surface area contributed by atoms with E-state index in [9.17, 15) is 0 Å². The van der Waals surface area contributed by atoms with Crippen molar-refractivity contribution in [2.24, 2.45) is 5.73 Å². The summed E-state index contributed by atoms with van der Waals surface area (Å²) < 4.78 is 0. The lowest BCUT2D eigenvalue weighted by Crippen LogP contribution is -2.23. The Labute approximate surface area is 128 Å². The molecule has 0 amide bonds. The van der Waals surface area contributed by atoms with Crippen LogP contribution in [0.2, 0.25) is 0 Å². The van der Waals surface area contributed by atoms with E-state index >= 15 is 0 Å². The van der Waals surface area contributed by atoms with E-state index in [-0.39, 0.29) is 0 Å². The van der Waals surface area contributed by atoms with E-state index in [2.05, 4.69) is 14.9 Å². The van der Waals surface area contributed by atoms with E-state index in [0.717, 1.165) is 34.9 Å². The van der Waals surface area contributed by atoms with Crippen LogP contribution in [-0.4, -0.2) is 22.0 Å². The molecule has 0 spiro atoms. The van der Waals surface area contributed by atoms with Gasteiger partial charge in [-0.1, -0.05) is 12.2 Å². The first-order chi connectivity index (χ1) is 9.40. The molecule has 0 bridgehead atoms. The molecule has 2 heterocycles. The van der Waals surface area contributed by atoms with Gasteiger partial charge in [0, 0.05) is 23.3 Å². The summed E-state index contributed by atoms with van der Waals surface area (Å²) in [6.45, 7) is 6.73. The topological polar surface area (TPSA) is 55.0 Å². The first-order valence-corrected chi connectivity index (χ1v) is 7.57. The van der Waals surface area contributed by atoms with Crippen LogP contribution >= 0.6 is 23.6 Å². The molecular formula is C14H18N4S2. The summed E-state index contributed by atoms with van der Waals surface area (Å²) in [5.74, 6) is 0. The molecule has 0 radical (unpaired) electrons. The van der Waals surface area contributed by atoms with Gasteiger partial charge in [0.15, 0.2) is 0 Å². The van der Waals surface area contributed by atoms with Gasteiger partial charge in [0.1, 0.15) is 4.99 Å². The van der Waals surface area contributed by atoms with E-state index in [1.54, 1.807) is 11.3 Å². The molecule has 2 rings (SSSR count). The second kappa shape index (κ2) is 5.85. The number of thiocarbonyl (C=S) groups is 1. The van der Waals surface area contributed by atoms with Gasteiger partial charge in [-0.05, 0) is 26.8 Å². The van der Waals surface area contributed by atoms with E-state index in [4.69, 9.17) is 18.0 Å². The second-order valence-corrected chi connectivity index (χ2v) is 6.20. The van der Waals surface area contributed by atoms with Gasteiger partial charge in [-0.2, -0.15) is 0 Å². The van der Waals surface area contributed by atoms with Gasteiger partial charge in [0.05, 0.1) is 29.0 Å². The Morgan fingerprint density at radius 3 is 2.60 bits per heavy atom. The van der Waals surface area contributed by atoms with E-state index in [1.165, 1.54) is 4.88 Å². The highest BCUT2D eigenvalue weighted by atomic mass is 32.1. The highest BCUT2D eigenvalue weighted by molar-refractivity contribution is 7.80. The van der Waals surface area contributed by atoms with Crippen molar-refractivity contribution in [3.05, 3.63) is 39.1 Å². The van der Waals surface area contributed by atoms with Crippen molar-refractivity contribution >= 4 is 34.2 Å². The van der Waals surface area contributed by atoms with Gasteiger partial charge in [0.25, 0.3) is 0 Å². The molecule has 2 N–H and O–H groups in total. The number of nitrogens with two attached hydrogens (primary N) is 1. The number of aromatic nitrogens is 2. The van der Waals surface area contributed by atoms with Crippen LogP contribution in [0.3, 0.4) is 0 Å². The molecule has 0 aliphatic heterocycles. The zero-order valence-electron chi connectivity index (χ0n) is 12.1. The van der Waals surface area contributed by atoms with Crippen molar-refractivity contribution in [1.82, 2.24) is 9.97 Å². The quantitative estimate of drug-likeness (QED) is 0.880. The molecule has 20 heavy (non-hydrogen) atoms. The van der Waals surface area contributed by atoms with Crippen LogP contribution in [0.1, 0.15) is 27.5 Å². The molecular weight excluding hydrogens is 288 g/mol. The summed E-state index contributed by atoms with van der Waals surface area (Å²) in [5.41, 5.74) is 12.5. The molecule has 4 nitrogen and oxygen atoms in total.